The Morgan fingerprint density at radius 2 is 2.27 bits per heavy atom. The summed E-state index contributed by atoms with van der Waals surface area (Å²) in [6.07, 6.45) is 0.553. The van der Waals surface area contributed by atoms with Crippen LogP contribution < -0.4 is 5.43 Å². The van der Waals surface area contributed by atoms with Crippen molar-refractivity contribution in [2.24, 2.45) is 11.0 Å². The lowest BCUT2D eigenvalue weighted by Gasteiger charge is -2.08. The van der Waals surface area contributed by atoms with Gasteiger partial charge in [0.15, 0.2) is 5.78 Å². The summed E-state index contributed by atoms with van der Waals surface area (Å²) in [6.45, 7) is 5.92. The Labute approximate surface area is 66.9 Å². The first kappa shape index (κ1) is 8.24. The smallest absolute Gasteiger partial charge is 0.178 e. The molecule has 0 aliphatic carbocycles. The number of hydrogen-bond donors (Lipinski definition) is 1. The molecule has 3 heteroatoms. The van der Waals surface area contributed by atoms with Gasteiger partial charge in [0, 0.05) is 18.4 Å². The molecule has 0 saturated carbocycles. The number of ketones is 1. The number of hydrogen-bond acceptors (Lipinski definition) is 3. The molecule has 0 radical (unpaired) electrons. The Hall–Kier alpha value is -0.860. The van der Waals surface area contributed by atoms with Crippen LogP contribution in [0.15, 0.2) is 5.10 Å². The topological polar surface area (TPSA) is 41.5 Å². The summed E-state index contributed by atoms with van der Waals surface area (Å²) in [5, 5.41) is 3.99. The molecule has 0 bridgehead atoms. The van der Waals surface area contributed by atoms with Gasteiger partial charge in [0.05, 0.1) is 0 Å². The first-order chi connectivity index (χ1) is 5.16. The van der Waals surface area contributed by atoms with Gasteiger partial charge in [-0.1, -0.05) is 13.8 Å². The molecule has 0 aromatic carbocycles. The van der Waals surface area contributed by atoms with Gasteiger partial charge in [0.25, 0.3) is 0 Å². The van der Waals surface area contributed by atoms with Crippen LogP contribution in [0, 0.1) is 5.92 Å². The second-order valence-electron chi connectivity index (χ2n) is 2.98. The molecule has 1 rings (SSSR count). The molecule has 11 heavy (non-hydrogen) atoms. The minimum Gasteiger partial charge on any atom is -0.306 e. The van der Waals surface area contributed by atoms with Crippen molar-refractivity contribution in [2.45, 2.75) is 33.2 Å². The van der Waals surface area contributed by atoms with Crippen molar-refractivity contribution >= 4 is 11.5 Å². The standard InChI is InChI=1S/C8H14N2O/c1-4-7(11)8-5(2)6(3)9-10-8/h5-6,9H,4H2,1-3H3. The molecule has 0 spiro atoms. The third-order valence-corrected chi connectivity index (χ3v) is 2.18. The first-order valence-electron chi connectivity index (χ1n) is 4.03. The highest BCUT2D eigenvalue weighted by Gasteiger charge is 2.27. The molecule has 0 fully saturated rings. The van der Waals surface area contributed by atoms with Crippen molar-refractivity contribution < 1.29 is 4.79 Å². The molecular formula is C8H14N2O. The Bertz CT molecular complexity index is 198. The van der Waals surface area contributed by atoms with E-state index in [2.05, 4.69) is 10.5 Å². The molecule has 0 saturated heterocycles. The maximum atomic E-state index is 11.2. The zero-order valence-corrected chi connectivity index (χ0v) is 7.22. The van der Waals surface area contributed by atoms with E-state index in [4.69, 9.17) is 0 Å². The summed E-state index contributed by atoms with van der Waals surface area (Å²) in [6, 6.07) is 0.306. The van der Waals surface area contributed by atoms with Gasteiger partial charge in [-0.2, -0.15) is 5.10 Å². The van der Waals surface area contributed by atoms with Crippen LogP contribution >= 0.6 is 0 Å². The van der Waals surface area contributed by atoms with Crippen molar-refractivity contribution in [3.05, 3.63) is 0 Å². The van der Waals surface area contributed by atoms with Crippen molar-refractivity contribution in [3.63, 3.8) is 0 Å². The van der Waals surface area contributed by atoms with E-state index in [1.165, 1.54) is 0 Å². The van der Waals surface area contributed by atoms with Crippen molar-refractivity contribution in [1.82, 2.24) is 5.43 Å². The van der Waals surface area contributed by atoms with Crippen LogP contribution in [-0.4, -0.2) is 17.5 Å². The van der Waals surface area contributed by atoms with Crippen LogP contribution in [0.2, 0.25) is 0 Å². The number of nitrogens with one attached hydrogen (secondary N) is 1. The molecule has 0 amide bonds. The highest BCUT2D eigenvalue weighted by molar-refractivity contribution is 6.40. The molecule has 0 aromatic rings. The van der Waals surface area contributed by atoms with E-state index in [0.717, 1.165) is 0 Å². The van der Waals surface area contributed by atoms with Gasteiger partial charge < -0.3 is 5.43 Å². The van der Waals surface area contributed by atoms with Crippen LogP contribution in [0.5, 0.6) is 0 Å². The zero-order chi connectivity index (χ0) is 8.43. The number of carbonyl (C=O) groups is 1. The van der Waals surface area contributed by atoms with E-state index in [9.17, 15) is 4.79 Å². The van der Waals surface area contributed by atoms with Crippen LogP contribution in [0.4, 0.5) is 0 Å². The molecule has 1 N–H and O–H groups in total. The minimum atomic E-state index is 0.161. The first-order valence-corrected chi connectivity index (χ1v) is 4.03. The maximum Gasteiger partial charge on any atom is 0.178 e. The second kappa shape index (κ2) is 3.03. The minimum absolute atomic E-state index is 0.161. The van der Waals surface area contributed by atoms with Crippen molar-refractivity contribution in [2.75, 3.05) is 0 Å². The molecule has 0 aromatic heterocycles. The number of Topliss-reactive ketones (excluding diaryl/α,β-unsaturated/α-hetero) is 1. The monoisotopic (exact) mass is 154 g/mol. The summed E-state index contributed by atoms with van der Waals surface area (Å²) >= 11 is 0. The van der Waals surface area contributed by atoms with Gasteiger partial charge in [0.2, 0.25) is 0 Å². The van der Waals surface area contributed by atoms with Crippen molar-refractivity contribution in [1.29, 1.82) is 0 Å². The van der Waals surface area contributed by atoms with Gasteiger partial charge in [-0.05, 0) is 6.92 Å². The van der Waals surface area contributed by atoms with E-state index >= 15 is 0 Å². The molecule has 1 aliphatic heterocycles. The molecular weight excluding hydrogens is 140 g/mol. The Morgan fingerprint density at radius 3 is 2.64 bits per heavy atom. The highest BCUT2D eigenvalue weighted by atomic mass is 16.1. The normalized spacial score (nSPS) is 29.5. The fourth-order valence-electron chi connectivity index (χ4n) is 1.12. The molecule has 1 heterocycles. The largest absolute Gasteiger partial charge is 0.306 e. The predicted octanol–water partition coefficient (Wildman–Crippen LogP) is 0.949. The highest BCUT2D eigenvalue weighted by Crippen LogP contribution is 2.12. The van der Waals surface area contributed by atoms with E-state index in [1.54, 1.807) is 0 Å². The summed E-state index contributed by atoms with van der Waals surface area (Å²) in [5.74, 6) is 0.428. The number of carbonyl (C=O) groups excluding carboxylic acids is 1. The van der Waals surface area contributed by atoms with Crippen LogP contribution in [0.25, 0.3) is 0 Å². The SMILES string of the molecule is CCC(=O)C1=NNC(C)C1C. The average Bonchev–Trinajstić information content (AvgIpc) is 2.32. The lowest BCUT2D eigenvalue weighted by molar-refractivity contribution is -0.112. The van der Waals surface area contributed by atoms with E-state index in [1.807, 2.05) is 20.8 Å². The summed E-state index contributed by atoms with van der Waals surface area (Å²) in [4.78, 5) is 11.2. The fraction of sp³-hybridized carbons (Fsp3) is 0.750. The molecule has 62 valence electrons. The zero-order valence-electron chi connectivity index (χ0n) is 7.22. The van der Waals surface area contributed by atoms with Crippen LogP contribution in [0.1, 0.15) is 27.2 Å². The summed E-state index contributed by atoms with van der Waals surface area (Å²) in [5.41, 5.74) is 3.61. The summed E-state index contributed by atoms with van der Waals surface area (Å²) < 4.78 is 0. The van der Waals surface area contributed by atoms with Gasteiger partial charge in [-0.25, -0.2) is 0 Å². The van der Waals surface area contributed by atoms with Gasteiger partial charge in [0.1, 0.15) is 5.71 Å². The molecule has 3 nitrogen and oxygen atoms in total. The van der Waals surface area contributed by atoms with Crippen molar-refractivity contribution in [3.8, 4) is 0 Å². The third-order valence-electron chi connectivity index (χ3n) is 2.18. The Balaban J connectivity index is 2.67. The Kier molecular flexibility index (Phi) is 2.27. The lowest BCUT2D eigenvalue weighted by atomic mass is 9.96. The van der Waals surface area contributed by atoms with Crippen LogP contribution in [-0.2, 0) is 4.79 Å². The summed E-state index contributed by atoms with van der Waals surface area (Å²) in [7, 11) is 0. The quantitative estimate of drug-likeness (QED) is 0.643. The number of rotatable bonds is 2. The molecule has 2 unspecified atom stereocenters. The molecule has 1 aliphatic rings. The maximum absolute atomic E-state index is 11.2. The average molecular weight is 154 g/mol. The van der Waals surface area contributed by atoms with Gasteiger partial charge in [-0.3, -0.25) is 4.79 Å². The Morgan fingerprint density at radius 1 is 1.64 bits per heavy atom. The fourth-order valence-corrected chi connectivity index (χ4v) is 1.12. The van der Waals surface area contributed by atoms with Crippen LogP contribution in [0.3, 0.4) is 0 Å². The molecule has 2 atom stereocenters. The predicted molar refractivity (Wildman–Crippen MR) is 44.5 cm³/mol. The van der Waals surface area contributed by atoms with E-state index in [0.29, 0.717) is 18.2 Å². The third kappa shape index (κ3) is 1.42. The van der Waals surface area contributed by atoms with E-state index in [-0.39, 0.29) is 11.7 Å². The van der Waals surface area contributed by atoms with Gasteiger partial charge >= 0.3 is 0 Å². The lowest BCUT2D eigenvalue weighted by Crippen LogP contribution is -2.26. The van der Waals surface area contributed by atoms with Gasteiger partial charge in [-0.15, -0.1) is 0 Å². The number of hydrazone groups is 1. The number of nitrogens with zero attached hydrogens (tertiary/aromatic N) is 1. The second-order valence-corrected chi connectivity index (χ2v) is 2.98. The van der Waals surface area contributed by atoms with E-state index < -0.39 is 0 Å².